The van der Waals surface area contributed by atoms with Crippen LogP contribution in [-0.2, 0) is 6.54 Å². The largest absolute Gasteiger partial charge is 0.405 e. The molecule has 0 saturated carbocycles. The second kappa shape index (κ2) is 10.0. The van der Waals surface area contributed by atoms with E-state index in [1.165, 1.54) is 11.8 Å². The van der Waals surface area contributed by atoms with Gasteiger partial charge < -0.3 is 16.0 Å². The summed E-state index contributed by atoms with van der Waals surface area (Å²) in [5.41, 5.74) is 8.93. The number of hydrogen-bond donors (Lipinski definition) is 2. The first-order valence-corrected chi connectivity index (χ1v) is 10.8. The quantitative estimate of drug-likeness (QED) is 0.588. The average Bonchev–Trinajstić information content (AvgIpc) is 2.86. The van der Waals surface area contributed by atoms with Gasteiger partial charge in [-0.25, -0.2) is 0 Å². The Bertz CT molecular complexity index is 1170. The van der Waals surface area contributed by atoms with Gasteiger partial charge in [0.2, 0.25) is 0 Å². The first kappa shape index (κ1) is 21.5. The van der Waals surface area contributed by atoms with Gasteiger partial charge in [-0.3, -0.25) is 4.99 Å². The monoisotopic (exact) mass is 425 g/mol. The van der Waals surface area contributed by atoms with Crippen LogP contribution in [-0.4, -0.2) is 42.1 Å². The minimum atomic E-state index is 0.453. The van der Waals surface area contributed by atoms with Crippen LogP contribution in [0.1, 0.15) is 29.7 Å². The highest BCUT2D eigenvalue weighted by Crippen LogP contribution is 2.28. The molecule has 2 heterocycles. The van der Waals surface area contributed by atoms with Crippen LogP contribution >= 0.6 is 0 Å². The van der Waals surface area contributed by atoms with Gasteiger partial charge in [-0.2, -0.15) is 5.26 Å². The lowest BCUT2D eigenvalue weighted by Gasteiger charge is -2.33. The SMILES string of the molecule is CN=C(C=CN)c1nnc(N2CCC(NCc3ccc(C#N)cc3)CC2)c2ccccc12. The fourth-order valence-corrected chi connectivity index (χ4v) is 4.12. The molecule has 0 amide bonds. The topological polar surface area (TPSA) is 103 Å². The van der Waals surface area contributed by atoms with Crippen LogP contribution < -0.4 is 16.0 Å². The average molecular weight is 426 g/mol. The van der Waals surface area contributed by atoms with Crippen LogP contribution in [0.2, 0.25) is 0 Å². The fraction of sp³-hybridized carbons (Fsp3) is 0.280. The smallest absolute Gasteiger partial charge is 0.159 e. The summed E-state index contributed by atoms with van der Waals surface area (Å²) in [6.45, 7) is 2.64. The maximum Gasteiger partial charge on any atom is 0.159 e. The molecule has 1 aromatic heterocycles. The van der Waals surface area contributed by atoms with Crippen molar-refractivity contribution >= 4 is 22.3 Å². The molecule has 162 valence electrons. The molecule has 0 unspecified atom stereocenters. The molecule has 1 fully saturated rings. The lowest BCUT2D eigenvalue weighted by molar-refractivity contribution is 0.413. The van der Waals surface area contributed by atoms with Crippen molar-refractivity contribution in [2.75, 3.05) is 25.0 Å². The Hall–Kier alpha value is -3.76. The van der Waals surface area contributed by atoms with Gasteiger partial charge in [-0.05, 0) is 42.8 Å². The number of piperidine rings is 1. The van der Waals surface area contributed by atoms with Crippen molar-refractivity contribution < 1.29 is 0 Å². The van der Waals surface area contributed by atoms with Crippen molar-refractivity contribution in [1.82, 2.24) is 15.5 Å². The van der Waals surface area contributed by atoms with E-state index >= 15 is 0 Å². The number of anilines is 1. The molecule has 0 atom stereocenters. The summed E-state index contributed by atoms with van der Waals surface area (Å²) in [7, 11) is 1.73. The van der Waals surface area contributed by atoms with Gasteiger partial charge in [0.25, 0.3) is 0 Å². The minimum Gasteiger partial charge on any atom is -0.405 e. The molecule has 0 aliphatic carbocycles. The Morgan fingerprint density at radius 1 is 1.16 bits per heavy atom. The van der Waals surface area contributed by atoms with E-state index in [1.807, 2.05) is 36.4 Å². The molecular weight excluding hydrogens is 398 g/mol. The number of aromatic nitrogens is 2. The summed E-state index contributed by atoms with van der Waals surface area (Å²) in [5, 5.41) is 23.8. The Balaban J connectivity index is 1.45. The molecule has 0 bridgehead atoms. The van der Waals surface area contributed by atoms with Crippen LogP contribution in [0.25, 0.3) is 10.8 Å². The van der Waals surface area contributed by atoms with E-state index in [-0.39, 0.29) is 0 Å². The highest BCUT2D eigenvalue weighted by molar-refractivity contribution is 6.15. The third-order valence-electron chi connectivity index (χ3n) is 5.88. The van der Waals surface area contributed by atoms with E-state index in [2.05, 4.69) is 43.6 Å². The van der Waals surface area contributed by atoms with Gasteiger partial charge in [-0.15, -0.1) is 10.2 Å². The second-order valence-electron chi connectivity index (χ2n) is 7.84. The standard InChI is InChI=1S/C25H27N7/c1-28-23(10-13-26)24-21-4-2-3-5-22(21)25(31-30-24)32-14-11-20(12-15-32)29-17-19-8-6-18(16-27)7-9-19/h2-10,13,20,29H,11-12,14-15,17,26H2,1H3. The van der Waals surface area contributed by atoms with Gasteiger partial charge in [0.1, 0.15) is 5.69 Å². The number of nitrogens with one attached hydrogen (secondary N) is 1. The normalized spacial score (nSPS) is 15.4. The van der Waals surface area contributed by atoms with E-state index in [4.69, 9.17) is 11.0 Å². The van der Waals surface area contributed by atoms with E-state index in [0.717, 1.165) is 54.8 Å². The Labute approximate surface area is 188 Å². The van der Waals surface area contributed by atoms with E-state index in [9.17, 15) is 0 Å². The van der Waals surface area contributed by atoms with Crippen molar-refractivity contribution in [2.24, 2.45) is 10.7 Å². The Kier molecular flexibility index (Phi) is 6.73. The van der Waals surface area contributed by atoms with Crippen LogP contribution in [0.5, 0.6) is 0 Å². The van der Waals surface area contributed by atoms with Crippen LogP contribution in [0, 0.1) is 11.3 Å². The van der Waals surface area contributed by atoms with Gasteiger partial charge in [0.15, 0.2) is 5.82 Å². The van der Waals surface area contributed by atoms with E-state index in [0.29, 0.717) is 17.3 Å². The summed E-state index contributed by atoms with van der Waals surface area (Å²) in [5.74, 6) is 0.919. The fourth-order valence-electron chi connectivity index (χ4n) is 4.12. The number of aliphatic imine (C=N–C) groups is 1. The van der Waals surface area contributed by atoms with Crippen molar-refractivity contribution in [3.05, 3.63) is 77.6 Å². The van der Waals surface area contributed by atoms with Crippen LogP contribution in [0.15, 0.2) is 65.8 Å². The summed E-state index contributed by atoms with van der Waals surface area (Å²) in [4.78, 5) is 6.63. The van der Waals surface area contributed by atoms with Gasteiger partial charge in [0, 0.05) is 43.5 Å². The molecule has 0 radical (unpaired) electrons. The molecule has 1 aliphatic rings. The second-order valence-corrected chi connectivity index (χ2v) is 7.84. The molecule has 0 spiro atoms. The molecule has 3 N–H and O–H groups in total. The zero-order valence-electron chi connectivity index (χ0n) is 18.2. The van der Waals surface area contributed by atoms with Gasteiger partial charge in [-0.1, -0.05) is 36.4 Å². The summed E-state index contributed by atoms with van der Waals surface area (Å²) in [6, 6.07) is 18.6. The molecule has 1 aliphatic heterocycles. The number of nitrogens with two attached hydrogens (primary N) is 1. The number of nitriles is 1. The van der Waals surface area contributed by atoms with Crippen LogP contribution in [0.4, 0.5) is 5.82 Å². The zero-order valence-corrected chi connectivity index (χ0v) is 18.2. The minimum absolute atomic E-state index is 0.453. The summed E-state index contributed by atoms with van der Waals surface area (Å²) < 4.78 is 0. The third-order valence-corrected chi connectivity index (χ3v) is 5.88. The number of hydrogen-bond acceptors (Lipinski definition) is 7. The summed E-state index contributed by atoms with van der Waals surface area (Å²) >= 11 is 0. The van der Waals surface area contributed by atoms with Crippen LogP contribution in [0.3, 0.4) is 0 Å². The predicted octanol–water partition coefficient (Wildman–Crippen LogP) is 3.15. The lowest BCUT2D eigenvalue weighted by Crippen LogP contribution is -2.42. The first-order chi connectivity index (χ1) is 15.7. The number of nitrogens with zero attached hydrogens (tertiary/aromatic N) is 5. The van der Waals surface area contributed by atoms with Crippen molar-refractivity contribution in [2.45, 2.75) is 25.4 Å². The number of fused-ring (bicyclic) bond motifs is 1. The Morgan fingerprint density at radius 2 is 1.88 bits per heavy atom. The molecule has 7 nitrogen and oxygen atoms in total. The number of allylic oxidation sites excluding steroid dienone is 1. The van der Waals surface area contributed by atoms with Gasteiger partial charge in [0.05, 0.1) is 17.3 Å². The predicted molar refractivity (Wildman–Crippen MR) is 129 cm³/mol. The molecule has 7 heteroatoms. The third kappa shape index (κ3) is 4.61. The zero-order chi connectivity index (χ0) is 22.3. The molecule has 4 rings (SSSR count). The number of rotatable bonds is 6. The lowest BCUT2D eigenvalue weighted by atomic mass is 10.0. The van der Waals surface area contributed by atoms with Crippen molar-refractivity contribution in [3.63, 3.8) is 0 Å². The molecule has 3 aromatic rings. The first-order valence-electron chi connectivity index (χ1n) is 10.8. The maximum absolute atomic E-state index is 8.93. The van der Waals surface area contributed by atoms with E-state index < -0.39 is 0 Å². The summed E-state index contributed by atoms with van der Waals surface area (Å²) in [6.07, 6.45) is 5.29. The molecule has 32 heavy (non-hydrogen) atoms. The molecular formula is C25H27N7. The van der Waals surface area contributed by atoms with Crippen molar-refractivity contribution in [1.29, 1.82) is 5.26 Å². The highest BCUT2D eigenvalue weighted by atomic mass is 15.3. The molecule has 1 saturated heterocycles. The van der Waals surface area contributed by atoms with Gasteiger partial charge >= 0.3 is 0 Å². The maximum atomic E-state index is 8.93. The van der Waals surface area contributed by atoms with E-state index in [1.54, 1.807) is 13.1 Å². The Morgan fingerprint density at radius 3 is 2.53 bits per heavy atom. The van der Waals surface area contributed by atoms with Crippen molar-refractivity contribution in [3.8, 4) is 6.07 Å². The molecule has 2 aromatic carbocycles. The number of benzene rings is 2. The highest BCUT2D eigenvalue weighted by Gasteiger charge is 2.23.